The molecule has 1 heterocycles. The molecule has 5 nitrogen and oxygen atoms in total. The van der Waals surface area contributed by atoms with E-state index < -0.39 is 0 Å². The number of aromatic nitrogens is 2. The van der Waals surface area contributed by atoms with Gasteiger partial charge in [-0.3, -0.25) is 4.79 Å². The minimum atomic E-state index is 0.433. The summed E-state index contributed by atoms with van der Waals surface area (Å²) < 4.78 is 5.02. The second kappa shape index (κ2) is 4.57. The quantitative estimate of drug-likeness (QED) is 0.772. The van der Waals surface area contributed by atoms with E-state index in [1.807, 2.05) is 18.2 Å². The molecule has 16 heavy (non-hydrogen) atoms. The number of carbonyl (C=O) groups is 1. The first-order chi connectivity index (χ1) is 7.85. The van der Waals surface area contributed by atoms with Gasteiger partial charge in [0.2, 0.25) is 12.3 Å². The number of hydrogen-bond donors (Lipinski definition) is 1. The lowest BCUT2D eigenvalue weighted by molar-refractivity contribution is -0.109. The highest BCUT2D eigenvalue weighted by Crippen LogP contribution is 2.17. The summed E-state index contributed by atoms with van der Waals surface area (Å²) in [5, 5.41) is 2.61. The van der Waals surface area contributed by atoms with Gasteiger partial charge in [-0.15, -0.1) is 0 Å². The van der Waals surface area contributed by atoms with Crippen LogP contribution in [0, 0.1) is 0 Å². The molecule has 0 radical (unpaired) electrons. The van der Waals surface area contributed by atoms with Gasteiger partial charge in [-0.05, 0) is 11.6 Å². The number of amides is 1. The number of hydrogen-bond acceptors (Lipinski definition) is 4. The Kier molecular flexibility index (Phi) is 2.95. The van der Waals surface area contributed by atoms with Crippen LogP contribution in [0.3, 0.4) is 0 Å². The van der Waals surface area contributed by atoms with Crippen molar-refractivity contribution in [2.75, 3.05) is 7.11 Å². The molecule has 1 N–H and O–H groups in total. The van der Waals surface area contributed by atoms with Crippen LogP contribution in [0.4, 0.5) is 0 Å². The van der Waals surface area contributed by atoms with Gasteiger partial charge < -0.3 is 10.1 Å². The molecule has 0 atom stereocenters. The summed E-state index contributed by atoms with van der Waals surface area (Å²) in [6.45, 7) is 0.433. The van der Waals surface area contributed by atoms with Gasteiger partial charge in [-0.1, -0.05) is 12.1 Å². The van der Waals surface area contributed by atoms with E-state index in [0.29, 0.717) is 18.8 Å². The van der Waals surface area contributed by atoms with Gasteiger partial charge in [0.25, 0.3) is 0 Å². The van der Waals surface area contributed by atoms with E-state index >= 15 is 0 Å². The van der Waals surface area contributed by atoms with E-state index in [9.17, 15) is 4.79 Å². The predicted octanol–water partition coefficient (Wildman–Crippen LogP) is 0.884. The third kappa shape index (κ3) is 1.93. The van der Waals surface area contributed by atoms with Crippen LogP contribution < -0.4 is 10.1 Å². The molecule has 0 aliphatic rings. The number of carbonyl (C=O) groups excluding carboxylic acids is 1. The largest absolute Gasteiger partial charge is 0.480 e. The second-order valence-electron chi connectivity index (χ2n) is 3.20. The maximum atomic E-state index is 10.3. The van der Waals surface area contributed by atoms with Crippen molar-refractivity contribution < 1.29 is 9.53 Å². The highest BCUT2D eigenvalue weighted by Gasteiger charge is 2.04. The fourth-order valence-electron chi connectivity index (χ4n) is 1.47. The Morgan fingerprint density at radius 2 is 2.38 bits per heavy atom. The summed E-state index contributed by atoms with van der Waals surface area (Å²) in [7, 11) is 1.54. The maximum Gasteiger partial charge on any atom is 0.232 e. The van der Waals surface area contributed by atoms with Crippen molar-refractivity contribution in [2.45, 2.75) is 6.54 Å². The lowest BCUT2D eigenvalue weighted by Gasteiger charge is -2.05. The molecule has 0 aliphatic heterocycles. The number of fused-ring (bicyclic) bond motifs is 1. The predicted molar refractivity (Wildman–Crippen MR) is 59.0 cm³/mol. The summed E-state index contributed by atoms with van der Waals surface area (Å²) in [6, 6.07) is 5.64. The smallest absolute Gasteiger partial charge is 0.232 e. The molecule has 0 aliphatic carbocycles. The highest BCUT2D eigenvalue weighted by molar-refractivity contribution is 5.78. The fraction of sp³-hybridized carbons (Fsp3) is 0.182. The van der Waals surface area contributed by atoms with Gasteiger partial charge in [0.05, 0.1) is 24.3 Å². The summed E-state index contributed by atoms with van der Waals surface area (Å²) in [5.74, 6) is 0.464. The van der Waals surface area contributed by atoms with Crippen molar-refractivity contribution in [1.82, 2.24) is 15.3 Å². The molecule has 2 aromatic rings. The molecule has 1 aromatic carbocycles. The number of benzene rings is 1. The average Bonchev–Trinajstić information content (AvgIpc) is 2.35. The first-order valence-corrected chi connectivity index (χ1v) is 4.81. The van der Waals surface area contributed by atoms with Crippen LogP contribution in [0.5, 0.6) is 5.88 Å². The number of nitrogens with zero attached hydrogens (tertiary/aromatic N) is 2. The third-order valence-corrected chi connectivity index (χ3v) is 2.22. The van der Waals surface area contributed by atoms with Crippen molar-refractivity contribution in [3.8, 4) is 5.88 Å². The van der Waals surface area contributed by atoms with Crippen molar-refractivity contribution in [2.24, 2.45) is 0 Å². The lowest BCUT2D eigenvalue weighted by Crippen LogP contribution is -2.10. The van der Waals surface area contributed by atoms with Crippen LogP contribution in [0.25, 0.3) is 11.0 Å². The second-order valence-corrected chi connectivity index (χ2v) is 3.20. The Morgan fingerprint density at radius 1 is 1.50 bits per heavy atom. The Balaban J connectivity index is 2.50. The first kappa shape index (κ1) is 10.4. The molecule has 2 rings (SSSR count). The lowest BCUT2D eigenvalue weighted by atomic mass is 10.2. The average molecular weight is 217 g/mol. The molecule has 5 heteroatoms. The first-order valence-electron chi connectivity index (χ1n) is 4.81. The Labute approximate surface area is 92.5 Å². The van der Waals surface area contributed by atoms with E-state index in [-0.39, 0.29) is 0 Å². The van der Waals surface area contributed by atoms with Gasteiger partial charge in [-0.2, -0.15) is 0 Å². The van der Waals surface area contributed by atoms with E-state index in [2.05, 4.69) is 15.3 Å². The van der Waals surface area contributed by atoms with E-state index in [1.165, 1.54) is 0 Å². The number of methoxy groups -OCH3 is 1. The van der Waals surface area contributed by atoms with Crippen molar-refractivity contribution >= 4 is 17.4 Å². The number of para-hydroxylation sites is 1. The van der Waals surface area contributed by atoms with Gasteiger partial charge >= 0.3 is 0 Å². The molecule has 0 saturated heterocycles. The van der Waals surface area contributed by atoms with Crippen molar-refractivity contribution in [1.29, 1.82) is 0 Å². The van der Waals surface area contributed by atoms with E-state index in [4.69, 9.17) is 4.74 Å². The standard InChI is InChI=1S/C11H11N3O2/c1-16-10-6-13-9-4-2-3-8(5-12-7-15)11(9)14-10/h2-4,6-7H,5H2,1H3,(H,12,15). The maximum absolute atomic E-state index is 10.3. The van der Waals surface area contributed by atoms with E-state index in [0.717, 1.165) is 16.6 Å². The van der Waals surface area contributed by atoms with Crippen molar-refractivity contribution in [3.05, 3.63) is 30.0 Å². The van der Waals surface area contributed by atoms with Crippen LogP contribution in [0.15, 0.2) is 24.4 Å². The fourth-order valence-corrected chi connectivity index (χ4v) is 1.47. The number of nitrogens with one attached hydrogen (secondary N) is 1. The summed E-state index contributed by atoms with van der Waals surface area (Å²) in [4.78, 5) is 18.8. The minimum absolute atomic E-state index is 0.433. The monoisotopic (exact) mass is 217 g/mol. The molecule has 0 bridgehead atoms. The molecule has 1 amide bonds. The van der Waals surface area contributed by atoms with Crippen molar-refractivity contribution in [3.63, 3.8) is 0 Å². The third-order valence-electron chi connectivity index (χ3n) is 2.22. The molecular weight excluding hydrogens is 206 g/mol. The summed E-state index contributed by atoms with van der Waals surface area (Å²) in [5.41, 5.74) is 2.44. The molecule has 1 aromatic heterocycles. The summed E-state index contributed by atoms with van der Waals surface area (Å²) >= 11 is 0. The zero-order chi connectivity index (χ0) is 11.4. The van der Waals surface area contributed by atoms with Crippen LogP contribution in [0.2, 0.25) is 0 Å². The zero-order valence-corrected chi connectivity index (χ0v) is 8.80. The highest BCUT2D eigenvalue weighted by atomic mass is 16.5. The van der Waals surface area contributed by atoms with Crippen LogP contribution in [-0.4, -0.2) is 23.5 Å². The van der Waals surface area contributed by atoms with Gasteiger partial charge in [0.15, 0.2) is 0 Å². The minimum Gasteiger partial charge on any atom is -0.480 e. The SMILES string of the molecule is COc1cnc2cccc(CNC=O)c2n1. The Bertz CT molecular complexity index is 514. The van der Waals surface area contributed by atoms with Crippen LogP contribution in [0.1, 0.15) is 5.56 Å². The normalized spacial score (nSPS) is 10.1. The number of rotatable bonds is 4. The zero-order valence-electron chi connectivity index (χ0n) is 8.80. The van der Waals surface area contributed by atoms with Gasteiger partial charge in [-0.25, -0.2) is 9.97 Å². The molecule has 0 fully saturated rings. The molecular formula is C11H11N3O2. The number of ether oxygens (including phenoxy) is 1. The molecule has 82 valence electrons. The Hall–Kier alpha value is -2.17. The van der Waals surface area contributed by atoms with Crippen LogP contribution in [-0.2, 0) is 11.3 Å². The molecule has 0 saturated carbocycles. The van der Waals surface area contributed by atoms with Gasteiger partial charge in [0.1, 0.15) is 0 Å². The summed E-state index contributed by atoms with van der Waals surface area (Å²) in [6.07, 6.45) is 2.23. The molecule has 0 spiro atoms. The van der Waals surface area contributed by atoms with Crippen LogP contribution >= 0.6 is 0 Å². The Morgan fingerprint density at radius 3 is 3.12 bits per heavy atom. The topological polar surface area (TPSA) is 64.1 Å². The van der Waals surface area contributed by atoms with Gasteiger partial charge in [0, 0.05) is 6.54 Å². The van der Waals surface area contributed by atoms with E-state index in [1.54, 1.807) is 13.3 Å². The molecule has 0 unspecified atom stereocenters.